The van der Waals surface area contributed by atoms with Gasteiger partial charge in [-0.1, -0.05) is 34.8 Å². The van der Waals surface area contributed by atoms with Crippen LogP contribution in [0.25, 0.3) is 0 Å². The Bertz CT molecular complexity index is 418. The normalized spacial score (nSPS) is 11.2. The van der Waals surface area contributed by atoms with Gasteiger partial charge >= 0.3 is 0 Å². The molecule has 1 aromatic carbocycles. The highest BCUT2D eigenvalue weighted by molar-refractivity contribution is 7.80. The van der Waals surface area contributed by atoms with Crippen LogP contribution >= 0.6 is 47.0 Å². The number of hydrogen-bond acceptors (Lipinski definition) is 1. The van der Waals surface area contributed by atoms with Gasteiger partial charge in [-0.15, -0.1) is 0 Å². The number of anilines is 1. The van der Waals surface area contributed by atoms with E-state index in [0.29, 0.717) is 25.9 Å². The SMILES string of the molecule is CC(C)(C)NC(=S)Nc1c(Cl)cc(Cl)cc1Cl. The molecule has 0 aliphatic rings. The van der Waals surface area contributed by atoms with Gasteiger partial charge in [0.05, 0.1) is 15.7 Å². The lowest BCUT2D eigenvalue weighted by Crippen LogP contribution is -2.43. The van der Waals surface area contributed by atoms with Crippen LogP contribution in [0, 0.1) is 0 Å². The molecular formula is C11H13Cl3N2S. The average Bonchev–Trinajstić information content (AvgIpc) is 2.08. The van der Waals surface area contributed by atoms with E-state index in [1.54, 1.807) is 12.1 Å². The van der Waals surface area contributed by atoms with Gasteiger partial charge in [-0.05, 0) is 45.1 Å². The van der Waals surface area contributed by atoms with E-state index >= 15 is 0 Å². The minimum atomic E-state index is -0.130. The van der Waals surface area contributed by atoms with Gasteiger partial charge in [0.1, 0.15) is 0 Å². The van der Waals surface area contributed by atoms with E-state index in [4.69, 9.17) is 47.0 Å². The monoisotopic (exact) mass is 310 g/mol. The molecule has 0 aromatic heterocycles. The Morgan fingerprint density at radius 3 is 2.00 bits per heavy atom. The first-order valence-corrected chi connectivity index (χ1v) is 6.47. The summed E-state index contributed by atoms with van der Waals surface area (Å²) in [4.78, 5) is 0. The van der Waals surface area contributed by atoms with Crippen LogP contribution in [-0.4, -0.2) is 10.7 Å². The van der Waals surface area contributed by atoms with Gasteiger partial charge in [-0.3, -0.25) is 0 Å². The Morgan fingerprint density at radius 1 is 1.12 bits per heavy atom. The van der Waals surface area contributed by atoms with Crippen molar-refractivity contribution < 1.29 is 0 Å². The molecule has 0 aliphatic heterocycles. The quantitative estimate of drug-likeness (QED) is 0.733. The summed E-state index contributed by atoms with van der Waals surface area (Å²) < 4.78 is 0. The molecule has 0 saturated heterocycles. The zero-order valence-corrected chi connectivity index (χ0v) is 12.8. The minimum Gasteiger partial charge on any atom is -0.358 e. The third-order valence-corrected chi connectivity index (χ3v) is 2.75. The van der Waals surface area contributed by atoms with Gasteiger partial charge in [-0.25, -0.2) is 0 Å². The molecule has 0 radical (unpaired) electrons. The van der Waals surface area contributed by atoms with E-state index in [1.165, 1.54) is 0 Å². The van der Waals surface area contributed by atoms with Crippen molar-refractivity contribution in [3.63, 3.8) is 0 Å². The maximum Gasteiger partial charge on any atom is 0.171 e. The molecule has 6 heteroatoms. The van der Waals surface area contributed by atoms with Crippen molar-refractivity contribution in [2.45, 2.75) is 26.3 Å². The van der Waals surface area contributed by atoms with Crippen LogP contribution in [-0.2, 0) is 0 Å². The van der Waals surface area contributed by atoms with Gasteiger partial charge in [-0.2, -0.15) is 0 Å². The van der Waals surface area contributed by atoms with Crippen molar-refractivity contribution in [3.05, 3.63) is 27.2 Å². The molecule has 0 amide bonds. The fraction of sp³-hybridized carbons (Fsp3) is 0.364. The highest BCUT2D eigenvalue weighted by Crippen LogP contribution is 2.33. The summed E-state index contributed by atoms with van der Waals surface area (Å²) >= 11 is 23.0. The van der Waals surface area contributed by atoms with Crippen LogP contribution < -0.4 is 10.6 Å². The number of benzene rings is 1. The summed E-state index contributed by atoms with van der Waals surface area (Å²) in [5.41, 5.74) is 0.426. The van der Waals surface area contributed by atoms with Crippen LogP contribution in [0.5, 0.6) is 0 Å². The summed E-state index contributed by atoms with van der Waals surface area (Å²) in [5.74, 6) is 0. The molecule has 0 unspecified atom stereocenters. The first kappa shape index (κ1) is 14.8. The van der Waals surface area contributed by atoms with Crippen LogP contribution in [0.15, 0.2) is 12.1 Å². The smallest absolute Gasteiger partial charge is 0.171 e. The molecule has 0 spiro atoms. The fourth-order valence-corrected chi connectivity index (χ4v) is 2.47. The molecule has 0 heterocycles. The highest BCUT2D eigenvalue weighted by Gasteiger charge is 2.14. The molecule has 0 saturated carbocycles. The van der Waals surface area contributed by atoms with Crippen molar-refractivity contribution in [3.8, 4) is 0 Å². The topological polar surface area (TPSA) is 24.1 Å². The van der Waals surface area contributed by atoms with Crippen molar-refractivity contribution in [2.24, 2.45) is 0 Å². The van der Waals surface area contributed by atoms with Gasteiger partial charge in [0.25, 0.3) is 0 Å². The maximum atomic E-state index is 6.03. The molecule has 1 aromatic rings. The second-order valence-electron chi connectivity index (χ2n) is 4.57. The number of hydrogen-bond donors (Lipinski definition) is 2. The predicted molar refractivity (Wildman–Crippen MR) is 80.6 cm³/mol. The van der Waals surface area contributed by atoms with E-state index in [2.05, 4.69) is 10.6 Å². The second kappa shape index (κ2) is 5.61. The maximum absolute atomic E-state index is 6.03. The molecule has 0 atom stereocenters. The Kier molecular flexibility index (Phi) is 4.90. The zero-order chi connectivity index (χ0) is 13.2. The molecule has 0 bridgehead atoms. The van der Waals surface area contributed by atoms with Crippen LogP contribution in [0.4, 0.5) is 5.69 Å². The summed E-state index contributed by atoms with van der Waals surface area (Å²) in [7, 11) is 0. The molecule has 0 aliphatic carbocycles. The van der Waals surface area contributed by atoms with E-state index in [1.807, 2.05) is 20.8 Å². The highest BCUT2D eigenvalue weighted by atomic mass is 35.5. The largest absolute Gasteiger partial charge is 0.358 e. The molecule has 1 rings (SSSR count). The van der Waals surface area contributed by atoms with Crippen molar-refractivity contribution in [1.82, 2.24) is 5.32 Å². The van der Waals surface area contributed by atoms with E-state index < -0.39 is 0 Å². The Labute approximate surface area is 122 Å². The van der Waals surface area contributed by atoms with Crippen LogP contribution in [0.2, 0.25) is 15.1 Å². The summed E-state index contributed by atoms with van der Waals surface area (Å²) in [6, 6.07) is 3.22. The summed E-state index contributed by atoms with van der Waals surface area (Å²) in [6.45, 7) is 6.02. The lowest BCUT2D eigenvalue weighted by molar-refractivity contribution is 0.515. The molecule has 0 fully saturated rings. The molecule has 17 heavy (non-hydrogen) atoms. The Morgan fingerprint density at radius 2 is 1.59 bits per heavy atom. The van der Waals surface area contributed by atoms with Gasteiger partial charge < -0.3 is 10.6 Å². The van der Waals surface area contributed by atoms with Gasteiger partial charge in [0.2, 0.25) is 0 Å². The molecule has 2 N–H and O–H groups in total. The van der Waals surface area contributed by atoms with Crippen LogP contribution in [0.3, 0.4) is 0 Å². The first-order valence-electron chi connectivity index (χ1n) is 4.93. The zero-order valence-electron chi connectivity index (χ0n) is 9.70. The Hall–Kier alpha value is -0.220. The van der Waals surface area contributed by atoms with Crippen molar-refractivity contribution in [2.75, 3.05) is 5.32 Å². The summed E-state index contributed by atoms with van der Waals surface area (Å²) in [6.07, 6.45) is 0. The third-order valence-electron chi connectivity index (χ3n) is 1.73. The second-order valence-corrected chi connectivity index (χ2v) is 6.23. The third kappa shape index (κ3) is 4.88. The van der Waals surface area contributed by atoms with E-state index in [9.17, 15) is 0 Å². The first-order chi connectivity index (χ1) is 7.69. The Balaban J connectivity index is 2.86. The molecule has 94 valence electrons. The van der Waals surface area contributed by atoms with Crippen molar-refractivity contribution >= 4 is 57.8 Å². The standard InChI is InChI=1S/C11H13Cl3N2S/c1-11(2,3)16-10(17)15-9-7(13)4-6(12)5-8(9)14/h4-5H,1-3H3,(H2,15,16,17). The predicted octanol–water partition coefficient (Wildman–Crippen LogP) is 4.73. The van der Waals surface area contributed by atoms with E-state index in [-0.39, 0.29) is 5.54 Å². The molecular weight excluding hydrogens is 299 g/mol. The number of halogens is 3. The van der Waals surface area contributed by atoms with Gasteiger partial charge in [0.15, 0.2) is 5.11 Å². The number of nitrogens with one attached hydrogen (secondary N) is 2. The van der Waals surface area contributed by atoms with Gasteiger partial charge in [0, 0.05) is 10.6 Å². The van der Waals surface area contributed by atoms with Crippen molar-refractivity contribution in [1.29, 1.82) is 0 Å². The summed E-state index contributed by atoms with van der Waals surface area (Å²) in [5, 5.41) is 7.88. The lowest BCUT2D eigenvalue weighted by Gasteiger charge is -2.23. The number of thiocarbonyl (C=S) groups is 1. The molecule has 2 nitrogen and oxygen atoms in total. The fourth-order valence-electron chi connectivity index (χ4n) is 1.15. The van der Waals surface area contributed by atoms with E-state index in [0.717, 1.165) is 0 Å². The minimum absolute atomic E-state index is 0.130. The average molecular weight is 312 g/mol. The number of rotatable bonds is 1. The lowest BCUT2D eigenvalue weighted by atomic mass is 10.1. The van der Waals surface area contributed by atoms with Crippen LogP contribution in [0.1, 0.15) is 20.8 Å².